The first-order chi connectivity index (χ1) is 14.5. The highest BCUT2D eigenvalue weighted by Crippen LogP contribution is 2.32. The van der Waals surface area contributed by atoms with Crippen molar-refractivity contribution in [2.45, 2.75) is 27.3 Å². The van der Waals surface area contributed by atoms with Crippen molar-refractivity contribution < 1.29 is 4.39 Å². The molecule has 3 N–H and O–H groups in total. The number of fused-ring (bicyclic) bond motifs is 1. The van der Waals surface area contributed by atoms with Crippen molar-refractivity contribution in [2.75, 3.05) is 18.4 Å². The van der Waals surface area contributed by atoms with Crippen molar-refractivity contribution in [3.63, 3.8) is 0 Å². The molecule has 0 aliphatic heterocycles. The monoisotopic (exact) mass is 403 g/mol. The topological polar surface area (TPSA) is 68.8 Å². The van der Waals surface area contributed by atoms with Crippen LogP contribution in [0.3, 0.4) is 0 Å². The van der Waals surface area contributed by atoms with E-state index in [-0.39, 0.29) is 5.82 Å². The van der Waals surface area contributed by atoms with Gasteiger partial charge in [-0.3, -0.25) is 4.98 Å². The fourth-order valence-corrected chi connectivity index (χ4v) is 3.74. The van der Waals surface area contributed by atoms with Crippen LogP contribution in [0.5, 0.6) is 0 Å². The summed E-state index contributed by atoms with van der Waals surface area (Å²) in [6, 6.07) is 15.5. The minimum atomic E-state index is -0.197. The van der Waals surface area contributed by atoms with Crippen molar-refractivity contribution in [1.82, 2.24) is 14.5 Å². The Morgan fingerprint density at radius 2 is 1.80 bits per heavy atom. The molecule has 154 valence electrons. The van der Waals surface area contributed by atoms with Gasteiger partial charge in [-0.1, -0.05) is 36.4 Å². The molecular weight excluding hydrogens is 377 g/mol. The lowest BCUT2D eigenvalue weighted by Gasteiger charge is -2.12. The second kappa shape index (κ2) is 8.24. The van der Waals surface area contributed by atoms with Gasteiger partial charge in [-0.2, -0.15) is 0 Å². The van der Waals surface area contributed by atoms with Crippen LogP contribution in [0.15, 0.2) is 48.5 Å². The van der Waals surface area contributed by atoms with Gasteiger partial charge < -0.3 is 15.6 Å². The second-order valence-electron chi connectivity index (χ2n) is 7.62. The van der Waals surface area contributed by atoms with Gasteiger partial charge in [0.05, 0.1) is 17.8 Å². The minimum Gasteiger partial charge on any atom is -0.354 e. The Labute approximate surface area is 175 Å². The molecule has 2 aromatic carbocycles. The summed E-state index contributed by atoms with van der Waals surface area (Å²) in [5.41, 5.74) is 13.2. The molecule has 5 nitrogen and oxygen atoms in total. The van der Waals surface area contributed by atoms with Crippen molar-refractivity contribution in [3.8, 4) is 11.3 Å². The van der Waals surface area contributed by atoms with Crippen LogP contribution in [0, 0.1) is 26.6 Å². The third kappa shape index (κ3) is 3.78. The summed E-state index contributed by atoms with van der Waals surface area (Å²) >= 11 is 0. The Bertz CT molecular complexity index is 1210. The average Bonchev–Trinajstić information content (AvgIpc) is 3.06. The smallest absolute Gasteiger partial charge is 0.204 e. The van der Waals surface area contributed by atoms with Gasteiger partial charge in [-0.15, -0.1) is 0 Å². The third-order valence-corrected chi connectivity index (χ3v) is 5.26. The molecule has 0 saturated carbocycles. The van der Waals surface area contributed by atoms with Crippen molar-refractivity contribution in [3.05, 3.63) is 76.7 Å². The zero-order valence-corrected chi connectivity index (χ0v) is 17.5. The average molecular weight is 404 g/mol. The maximum absolute atomic E-state index is 13.8. The first-order valence-electron chi connectivity index (χ1n) is 10.1. The van der Waals surface area contributed by atoms with Gasteiger partial charge >= 0.3 is 0 Å². The Morgan fingerprint density at radius 1 is 1.00 bits per heavy atom. The summed E-state index contributed by atoms with van der Waals surface area (Å²) in [6.07, 6.45) is 0. The molecular formula is C24H26FN5. The Balaban J connectivity index is 1.91. The Morgan fingerprint density at radius 3 is 2.53 bits per heavy atom. The number of halogens is 1. The largest absolute Gasteiger partial charge is 0.354 e. The highest BCUT2D eigenvalue weighted by atomic mass is 19.1. The molecule has 4 rings (SSSR count). The maximum Gasteiger partial charge on any atom is 0.204 e. The summed E-state index contributed by atoms with van der Waals surface area (Å²) in [6.45, 7) is 7.53. The summed E-state index contributed by atoms with van der Waals surface area (Å²) in [5, 5.41) is 3.34. The van der Waals surface area contributed by atoms with E-state index in [2.05, 4.69) is 28.9 Å². The van der Waals surface area contributed by atoms with Gasteiger partial charge in [0.2, 0.25) is 5.95 Å². The number of nitrogens with two attached hydrogens (primary N) is 1. The second-order valence-corrected chi connectivity index (χ2v) is 7.62. The maximum atomic E-state index is 13.8. The summed E-state index contributed by atoms with van der Waals surface area (Å²) in [7, 11) is 0. The zero-order chi connectivity index (χ0) is 21.3. The van der Waals surface area contributed by atoms with Crippen LogP contribution in [0.25, 0.3) is 22.3 Å². The number of aromatic nitrogens is 3. The molecule has 0 unspecified atom stereocenters. The van der Waals surface area contributed by atoms with Crippen LogP contribution in [-0.2, 0) is 6.54 Å². The molecule has 0 radical (unpaired) electrons. The first-order valence-corrected chi connectivity index (χ1v) is 10.1. The van der Waals surface area contributed by atoms with Crippen LogP contribution < -0.4 is 11.1 Å². The van der Waals surface area contributed by atoms with Gasteiger partial charge in [0, 0.05) is 24.3 Å². The van der Waals surface area contributed by atoms with E-state index in [0.29, 0.717) is 25.2 Å². The molecule has 0 saturated heterocycles. The SMILES string of the molecule is Cc1cc2c(nc(NCCN)n2Cc2ccc(F)c(C)c2)c(-c2ccccc2C)n1. The van der Waals surface area contributed by atoms with E-state index in [4.69, 9.17) is 15.7 Å². The van der Waals surface area contributed by atoms with Crippen LogP contribution >= 0.6 is 0 Å². The molecule has 0 fully saturated rings. The number of pyridine rings is 1. The number of hydrogen-bond donors (Lipinski definition) is 2. The number of imidazole rings is 1. The van der Waals surface area contributed by atoms with E-state index in [9.17, 15) is 4.39 Å². The highest BCUT2D eigenvalue weighted by molar-refractivity contribution is 5.92. The third-order valence-electron chi connectivity index (χ3n) is 5.26. The molecule has 0 aliphatic rings. The van der Waals surface area contributed by atoms with Crippen molar-refractivity contribution in [2.24, 2.45) is 5.73 Å². The van der Waals surface area contributed by atoms with E-state index in [0.717, 1.165) is 45.1 Å². The quantitative estimate of drug-likeness (QED) is 0.494. The van der Waals surface area contributed by atoms with Crippen LogP contribution in [0.2, 0.25) is 0 Å². The fourth-order valence-electron chi connectivity index (χ4n) is 3.74. The minimum absolute atomic E-state index is 0.197. The number of nitrogens with zero attached hydrogens (tertiary/aromatic N) is 3. The fraction of sp³-hybridized carbons (Fsp3) is 0.250. The van der Waals surface area contributed by atoms with Gasteiger partial charge in [0.25, 0.3) is 0 Å². The van der Waals surface area contributed by atoms with Gasteiger partial charge in [-0.25, -0.2) is 9.37 Å². The Hall–Kier alpha value is -3.25. The standard InChI is InChI=1S/C24H26FN5/c1-15-6-4-5-7-19(15)22-23-21(13-17(3)28-22)30(24(29-23)27-11-10-26)14-18-8-9-20(25)16(2)12-18/h4-9,12-13H,10-11,14,26H2,1-3H3,(H,27,29). The lowest BCUT2D eigenvalue weighted by Crippen LogP contribution is -2.16. The van der Waals surface area contributed by atoms with E-state index in [1.807, 2.05) is 37.3 Å². The van der Waals surface area contributed by atoms with E-state index >= 15 is 0 Å². The highest BCUT2D eigenvalue weighted by Gasteiger charge is 2.18. The van der Waals surface area contributed by atoms with E-state index in [1.54, 1.807) is 6.92 Å². The first kappa shape index (κ1) is 20.0. The van der Waals surface area contributed by atoms with Gasteiger partial charge in [0.15, 0.2) is 0 Å². The molecule has 0 atom stereocenters. The summed E-state index contributed by atoms with van der Waals surface area (Å²) in [4.78, 5) is 9.73. The van der Waals surface area contributed by atoms with E-state index < -0.39 is 0 Å². The number of aryl methyl sites for hydroxylation is 3. The van der Waals surface area contributed by atoms with Gasteiger partial charge in [0.1, 0.15) is 11.3 Å². The molecule has 2 aromatic heterocycles. The van der Waals surface area contributed by atoms with Crippen LogP contribution in [-0.4, -0.2) is 27.6 Å². The van der Waals surface area contributed by atoms with Crippen LogP contribution in [0.4, 0.5) is 10.3 Å². The predicted molar refractivity (Wildman–Crippen MR) is 120 cm³/mol. The Kier molecular flexibility index (Phi) is 5.50. The number of rotatable bonds is 6. The summed E-state index contributed by atoms with van der Waals surface area (Å²) < 4.78 is 15.9. The zero-order valence-electron chi connectivity index (χ0n) is 17.5. The van der Waals surface area contributed by atoms with Crippen LogP contribution in [0.1, 0.15) is 22.4 Å². The number of benzene rings is 2. The predicted octanol–water partition coefficient (Wildman–Crippen LogP) is 4.58. The normalized spacial score (nSPS) is 11.2. The molecule has 2 heterocycles. The van der Waals surface area contributed by atoms with E-state index in [1.165, 1.54) is 6.07 Å². The van der Waals surface area contributed by atoms with Crippen molar-refractivity contribution >= 4 is 17.0 Å². The lowest BCUT2D eigenvalue weighted by molar-refractivity contribution is 0.617. The molecule has 0 amide bonds. The molecule has 0 aliphatic carbocycles. The number of nitrogens with one attached hydrogen (secondary N) is 1. The lowest BCUT2D eigenvalue weighted by atomic mass is 10.0. The number of anilines is 1. The van der Waals surface area contributed by atoms with Gasteiger partial charge in [-0.05, 0) is 49.6 Å². The molecule has 0 bridgehead atoms. The number of hydrogen-bond acceptors (Lipinski definition) is 4. The molecule has 30 heavy (non-hydrogen) atoms. The summed E-state index contributed by atoms with van der Waals surface area (Å²) in [5.74, 6) is 0.539. The molecule has 6 heteroatoms. The molecule has 0 spiro atoms. The molecule has 4 aromatic rings. The van der Waals surface area contributed by atoms with Crippen molar-refractivity contribution in [1.29, 1.82) is 0 Å².